The number of hydrogen-bond acceptors (Lipinski definition) is 2. The predicted octanol–water partition coefficient (Wildman–Crippen LogP) is 4.35. The standard InChI is InChI=1S/C13H13Cl3N2O/c1-8-13(16)11(18(2)17-8)7-19-12-4-3-9(6-14)5-10(12)15/h3-5H,6-7H2,1-2H3. The lowest BCUT2D eigenvalue weighted by Gasteiger charge is -2.09. The molecule has 0 aliphatic carbocycles. The molecule has 0 saturated heterocycles. The topological polar surface area (TPSA) is 27.1 Å². The van der Waals surface area contributed by atoms with Crippen LogP contribution in [0.5, 0.6) is 5.75 Å². The van der Waals surface area contributed by atoms with Gasteiger partial charge in [0.1, 0.15) is 12.4 Å². The maximum Gasteiger partial charge on any atom is 0.138 e. The molecule has 1 aromatic heterocycles. The van der Waals surface area contributed by atoms with Gasteiger partial charge in [-0.25, -0.2) is 0 Å². The first kappa shape index (κ1) is 14.5. The lowest BCUT2D eigenvalue weighted by atomic mass is 10.2. The molecular weight excluding hydrogens is 307 g/mol. The molecule has 0 unspecified atom stereocenters. The molecule has 0 aliphatic rings. The molecule has 102 valence electrons. The summed E-state index contributed by atoms with van der Waals surface area (Å²) in [5, 5.41) is 5.38. The van der Waals surface area contributed by atoms with Crippen LogP contribution in [0.25, 0.3) is 0 Å². The van der Waals surface area contributed by atoms with E-state index in [1.54, 1.807) is 16.8 Å². The van der Waals surface area contributed by atoms with E-state index in [-0.39, 0.29) is 0 Å². The number of aryl methyl sites for hydroxylation is 2. The van der Waals surface area contributed by atoms with Crippen LogP contribution in [0, 0.1) is 6.92 Å². The molecule has 0 atom stereocenters. The summed E-state index contributed by atoms with van der Waals surface area (Å²) in [6.45, 7) is 2.17. The van der Waals surface area contributed by atoms with Crippen molar-refractivity contribution in [2.24, 2.45) is 7.05 Å². The predicted molar refractivity (Wildman–Crippen MR) is 78.3 cm³/mol. The Morgan fingerprint density at radius 3 is 2.58 bits per heavy atom. The summed E-state index contributed by atoms with van der Waals surface area (Å²) in [6, 6.07) is 5.47. The van der Waals surface area contributed by atoms with Gasteiger partial charge in [-0.15, -0.1) is 11.6 Å². The molecule has 0 N–H and O–H groups in total. The zero-order chi connectivity index (χ0) is 14.0. The van der Waals surface area contributed by atoms with E-state index in [1.165, 1.54) is 0 Å². The summed E-state index contributed by atoms with van der Waals surface area (Å²) < 4.78 is 7.38. The van der Waals surface area contributed by atoms with Crippen LogP contribution < -0.4 is 4.74 Å². The summed E-state index contributed by atoms with van der Waals surface area (Å²) >= 11 is 18.0. The zero-order valence-corrected chi connectivity index (χ0v) is 12.9. The third kappa shape index (κ3) is 3.16. The number of benzene rings is 1. The minimum Gasteiger partial charge on any atom is -0.486 e. The molecule has 2 rings (SSSR count). The van der Waals surface area contributed by atoms with Crippen LogP contribution in [0.4, 0.5) is 0 Å². The van der Waals surface area contributed by atoms with E-state index in [0.717, 1.165) is 17.0 Å². The average molecular weight is 320 g/mol. The highest BCUT2D eigenvalue weighted by atomic mass is 35.5. The highest BCUT2D eigenvalue weighted by Crippen LogP contribution is 2.28. The van der Waals surface area contributed by atoms with Crippen molar-refractivity contribution in [3.8, 4) is 5.75 Å². The van der Waals surface area contributed by atoms with Crippen molar-refractivity contribution >= 4 is 34.8 Å². The molecule has 0 spiro atoms. The molecule has 2 aromatic rings. The quantitative estimate of drug-likeness (QED) is 0.783. The Labute approximate surface area is 127 Å². The monoisotopic (exact) mass is 318 g/mol. The summed E-state index contributed by atoms with van der Waals surface area (Å²) in [5.41, 5.74) is 2.55. The molecule has 0 radical (unpaired) electrons. The fraction of sp³-hybridized carbons (Fsp3) is 0.308. The second-order valence-corrected chi connectivity index (χ2v) is 5.21. The van der Waals surface area contributed by atoms with Crippen LogP contribution in [-0.4, -0.2) is 9.78 Å². The number of halogens is 3. The van der Waals surface area contributed by atoms with E-state index in [4.69, 9.17) is 39.5 Å². The normalized spacial score (nSPS) is 10.8. The van der Waals surface area contributed by atoms with Gasteiger partial charge in [0, 0.05) is 12.9 Å². The van der Waals surface area contributed by atoms with E-state index >= 15 is 0 Å². The van der Waals surface area contributed by atoms with Crippen LogP contribution >= 0.6 is 34.8 Å². The van der Waals surface area contributed by atoms with Gasteiger partial charge in [0.05, 0.1) is 21.4 Å². The number of hydrogen-bond donors (Lipinski definition) is 0. The minimum atomic E-state index is 0.316. The van der Waals surface area contributed by atoms with Crippen molar-refractivity contribution in [3.63, 3.8) is 0 Å². The molecule has 1 heterocycles. The fourth-order valence-corrected chi connectivity index (χ4v) is 2.37. The van der Waals surface area contributed by atoms with Gasteiger partial charge in [0.25, 0.3) is 0 Å². The van der Waals surface area contributed by atoms with Crippen molar-refractivity contribution < 1.29 is 4.74 Å². The molecule has 0 fully saturated rings. The van der Waals surface area contributed by atoms with Crippen molar-refractivity contribution in [3.05, 3.63) is 45.2 Å². The smallest absolute Gasteiger partial charge is 0.138 e. The molecule has 6 heteroatoms. The number of rotatable bonds is 4. The number of aromatic nitrogens is 2. The second kappa shape index (κ2) is 6.04. The fourth-order valence-electron chi connectivity index (χ4n) is 1.73. The largest absolute Gasteiger partial charge is 0.486 e. The maximum absolute atomic E-state index is 6.15. The van der Waals surface area contributed by atoms with E-state index in [9.17, 15) is 0 Å². The third-order valence-electron chi connectivity index (χ3n) is 2.78. The van der Waals surface area contributed by atoms with Gasteiger partial charge >= 0.3 is 0 Å². The summed E-state index contributed by atoms with van der Waals surface area (Å²) in [5.74, 6) is 1.03. The Morgan fingerprint density at radius 1 is 1.32 bits per heavy atom. The van der Waals surface area contributed by atoms with Gasteiger partial charge in [0.15, 0.2) is 0 Å². The van der Waals surface area contributed by atoms with E-state index in [1.807, 2.05) is 20.0 Å². The van der Waals surface area contributed by atoms with Crippen LogP contribution in [0.15, 0.2) is 18.2 Å². The Morgan fingerprint density at radius 2 is 2.05 bits per heavy atom. The van der Waals surface area contributed by atoms with Crippen molar-refractivity contribution in [1.29, 1.82) is 0 Å². The van der Waals surface area contributed by atoms with Gasteiger partial charge in [-0.3, -0.25) is 4.68 Å². The highest BCUT2D eigenvalue weighted by Gasteiger charge is 2.12. The van der Waals surface area contributed by atoms with E-state index < -0.39 is 0 Å². The first-order valence-corrected chi connectivity index (χ1v) is 6.97. The molecule has 0 bridgehead atoms. The Kier molecular flexibility index (Phi) is 4.61. The van der Waals surface area contributed by atoms with Gasteiger partial charge in [-0.2, -0.15) is 5.10 Å². The second-order valence-electron chi connectivity index (χ2n) is 4.16. The number of nitrogens with zero attached hydrogens (tertiary/aromatic N) is 2. The highest BCUT2D eigenvalue weighted by molar-refractivity contribution is 6.32. The lowest BCUT2D eigenvalue weighted by molar-refractivity contribution is 0.295. The Bertz CT molecular complexity index is 596. The molecule has 19 heavy (non-hydrogen) atoms. The van der Waals surface area contributed by atoms with Crippen molar-refractivity contribution in [1.82, 2.24) is 9.78 Å². The molecule has 0 aliphatic heterocycles. The average Bonchev–Trinajstić information content (AvgIpc) is 2.62. The Balaban J connectivity index is 2.14. The summed E-state index contributed by atoms with van der Waals surface area (Å²) in [4.78, 5) is 0. The maximum atomic E-state index is 6.15. The van der Waals surface area contributed by atoms with Crippen LogP contribution in [0.3, 0.4) is 0 Å². The van der Waals surface area contributed by atoms with Gasteiger partial charge in [0.2, 0.25) is 0 Å². The third-order valence-corrected chi connectivity index (χ3v) is 3.87. The lowest BCUT2D eigenvalue weighted by Crippen LogP contribution is -2.04. The van der Waals surface area contributed by atoms with Gasteiger partial charge < -0.3 is 4.74 Å². The molecule has 0 amide bonds. The van der Waals surface area contributed by atoms with E-state index in [2.05, 4.69) is 5.10 Å². The Hall–Kier alpha value is -0.900. The zero-order valence-electron chi connectivity index (χ0n) is 10.6. The molecular formula is C13H13Cl3N2O. The number of alkyl halides is 1. The van der Waals surface area contributed by atoms with Crippen LogP contribution in [0.1, 0.15) is 17.0 Å². The summed E-state index contributed by atoms with van der Waals surface area (Å²) in [6.07, 6.45) is 0. The van der Waals surface area contributed by atoms with Crippen molar-refractivity contribution in [2.75, 3.05) is 0 Å². The minimum absolute atomic E-state index is 0.316. The molecule has 0 saturated carbocycles. The molecule has 1 aromatic carbocycles. The van der Waals surface area contributed by atoms with Gasteiger partial charge in [-0.1, -0.05) is 29.3 Å². The first-order chi connectivity index (χ1) is 9.02. The van der Waals surface area contributed by atoms with Crippen LogP contribution in [0.2, 0.25) is 10.0 Å². The van der Waals surface area contributed by atoms with Crippen molar-refractivity contribution in [2.45, 2.75) is 19.4 Å². The number of ether oxygens (including phenoxy) is 1. The first-order valence-electron chi connectivity index (χ1n) is 5.68. The van der Waals surface area contributed by atoms with E-state index in [0.29, 0.717) is 28.3 Å². The van der Waals surface area contributed by atoms with Gasteiger partial charge in [-0.05, 0) is 24.6 Å². The summed E-state index contributed by atoms with van der Waals surface area (Å²) in [7, 11) is 1.83. The SMILES string of the molecule is Cc1nn(C)c(COc2ccc(CCl)cc2Cl)c1Cl. The molecule has 3 nitrogen and oxygen atoms in total. The van der Waals surface area contributed by atoms with Crippen LogP contribution in [-0.2, 0) is 19.5 Å².